The monoisotopic (exact) mass is 440 g/mol. The number of carbonyl (C=O) groups is 2. The summed E-state index contributed by atoms with van der Waals surface area (Å²) in [7, 11) is 0. The Balaban J connectivity index is 1.44. The number of benzene rings is 1. The second-order valence-corrected chi connectivity index (χ2v) is 9.30. The van der Waals surface area contributed by atoms with Gasteiger partial charge in [0.05, 0.1) is 17.0 Å². The van der Waals surface area contributed by atoms with Gasteiger partial charge in [-0.2, -0.15) is 0 Å². The Morgan fingerprint density at radius 2 is 1.77 bits per heavy atom. The van der Waals surface area contributed by atoms with Crippen molar-refractivity contribution in [2.75, 3.05) is 19.7 Å². The zero-order valence-corrected chi connectivity index (χ0v) is 18.3. The van der Waals surface area contributed by atoms with Crippen LogP contribution in [0.4, 0.5) is 0 Å². The fraction of sp³-hybridized carbons (Fsp3) is 0.348. The number of likely N-dealkylation sites (tertiary alicyclic amines) is 1. The average molecular weight is 441 g/mol. The van der Waals surface area contributed by atoms with Gasteiger partial charge >= 0.3 is 5.97 Å². The van der Waals surface area contributed by atoms with Gasteiger partial charge in [-0.05, 0) is 24.3 Å². The molecule has 3 heterocycles. The second-order valence-electron chi connectivity index (χ2n) is 7.27. The van der Waals surface area contributed by atoms with Crippen LogP contribution < -0.4 is 0 Å². The van der Waals surface area contributed by atoms with Crippen molar-refractivity contribution in [2.24, 2.45) is 0 Å². The van der Waals surface area contributed by atoms with Crippen LogP contribution in [0.25, 0.3) is 21.1 Å². The Morgan fingerprint density at radius 3 is 2.47 bits per heavy atom. The van der Waals surface area contributed by atoms with Gasteiger partial charge in [-0.25, -0.2) is 4.98 Å². The molecule has 4 rings (SSSR count). The van der Waals surface area contributed by atoms with Gasteiger partial charge in [0.15, 0.2) is 6.61 Å². The zero-order valence-electron chi connectivity index (χ0n) is 16.7. The maximum absolute atomic E-state index is 12.5. The largest absolute Gasteiger partial charge is 0.455 e. The highest BCUT2D eigenvalue weighted by Gasteiger charge is 2.21. The summed E-state index contributed by atoms with van der Waals surface area (Å²) in [5.74, 6) is -0.489. The molecule has 0 atom stereocenters. The van der Waals surface area contributed by atoms with Crippen LogP contribution in [-0.4, -0.2) is 41.5 Å². The van der Waals surface area contributed by atoms with E-state index in [4.69, 9.17) is 9.72 Å². The molecule has 0 saturated carbocycles. The number of nitrogens with zero attached hydrogens (tertiary/aromatic N) is 2. The summed E-state index contributed by atoms with van der Waals surface area (Å²) < 4.78 is 5.34. The molecule has 0 bridgehead atoms. The third-order valence-corrected chi connectivity index (χ3v) is 7.07. The number of amides is 1. The molecule has 7 heteroatoms. The van der Waals surface area contributed by atoms with Gasteiger partial charge in [0.1, 0.15) is 5.01 Å². The van der Waals surface area contributed by atoms with E-state index in [1.807, 2.05) is 52.7 Å². The highest BCUT2D eigenvalue weighted by Crippen LogP contribution is 2.36. The number of rotatable bonds is 6. The van der Waals surface area contributed by atoms with Gasteiger partial charge in [0.25, 0.3) is 5.91 Å². The van der Waals surface area contributed by atoms with E-state index in [2.05, 4.69) is 0 Å². The van der Waals surface area contributed by atoms with E-state index in [9.17, 15) is 9.59 Å². The molecule has 1 fully saturated rings. The third-order valence-electron chi connectivity index (χ3n) is 5.09. The van der Waals surface area contributed by atoms with Crippen LogP contribution in [0.2, 0.25) is 0 Å². The molecule has 1 amide bonds. The first kappa shape index (κ1) is 20.8. The first-order valence-corrected chi connectivity index (χ1v) is 11.9. The predicted octanol–water partition coefficient (Wildman–Crippen LogP) is 5.03. The minimum absolute atomic E-state index is 0.0991. The van der Waals surface area contributed by atoms with Crippen LogP contribution >= 0.6 is 22.7 Å². The molecule has 0 aliphatic carbocycles. The van der Waals surface area contributed by atoms with Crippen molar-refractivity contribution in [3.05, 3.63) is 52.7 Å². The summed E-state index contributed by atoms with van der Waals surface area (Å²) in [6.07, 6.45) is 4.47. The van der Waals surface area contributed by atoms with Gasteiger partial charge in [0.2, 0.25) is 0 Å². The summed E-state index contributed by atoms with van der Waals surface area (Å²) in [5.41, 5.74) is 1.85. The summed E-state index contributed by atoms with van der Waals surface area (Å²) in [4.78, 5) is 33.4. The van der Waals surface area contributed by atoms with Gasteiger partial charge in [0, 0.05) is 23.5 Å². The maximum atomic E-state index is 12.5. The number of carbonyl (C=O) groups excluding carboxylic acids is 2. The number of hydrogen-bond donors (Lipinski definition) is 0. The van der Waals surface area contributed by atoms with Crippen LogP contribution in [0.15, 0.2) is 47.8 Å². The first-order chi connectivity index (χ1) is 14.7. The summed E-state index contributed by atoms with van der Waals surface area (Å²) in [6.45, 7) is 1.33. The summed E-state index contributed by atoms with van der Waals surface area (Å²) in [5, 5.41) is 2.88. The smallest absolute Gasteiger partial charge is 0.311 e. The lowest BCUT2D eigenvalue weighted by atomic mass is 10.2. The Hall–Kier alpha value is -2.51. The second kappa shape index (κ2) is 10.00. The SMILES string of the molecule is O=C(Cc1sc(-c2ccccc2)nc1-c1cccs1)OCC(=O)N1CCCCCC1. The molecule has 1 aliphatic heterocycles. The van der Waals surface area contributed by atoms with E-state index < -0.39 is 0 Å². The summed E-state index contributed by atoms with van der Waals surface area (Å²) in [6, 6.07) is 13.9. The Bertz CT molecular complexity index is 975. The van der Waals surface area contributed by atoms with Crippen LogP contribution in [0.3, 0.4) is 0 Å². The molecule has 0 unspecified atom stereocenters. The van der Waals surface area contributed by atoms with Crippen molar-refractivity contribution in [1.82, 2.24) is 9.88 Å². The van der Waals surface area contributed by atoms with Crippen LogP contribution in [0, 0.1) is 0 Å². The van der Waals surface area contributed by atoms with Crippen molar-refractivity contribution in [3.63, 3.8) is 0 Å². The summed E-state index contributed by atoms with van der Waals surface area (Å²) >= 11 is 3.10. The fourth-order valence-electron chi connectivity index (χ4n) is 3.52. The zero-order chi connectivity index (χ0) is 20.8. The molecule has 0 N–H and O–H groups in total. The van der Waals surface area contributed by atoms with Crippen LogP contribution in [0.5, 0.6) is 0 Å². The normalized spacial score (nSPS) is 14.3. The van der Waals surface area contributed by atoms with Crippen molar-refractivity contribution < 1.29 is 14.3 Å². The lowest BCUT2D eigenvalue weighted by Crippen LogP contribution is -2.35. The Labute approximate surface area is 184 Å². The minimum atomic E-state index is -0.390. The topological polar surface area (TPSA) is 59.5 Å². The minimum Gasteiger partial charge on any atom is -0.455 e. The van der Waals surface area contributed by atoms with Crippen molar-refractivity contribution in [2.45, 2.75) is 32.1 Å². The third kappa shape index (κ3) is 5.15. The molecule has 1 saturated heterocycles. The van der Waals surface area contributed by atoms with Gasteiger partial charge in [-0.15, -0.1) is 22.7 Å². The molecule has 156 valence electrons. The van der Waals surface area contributed by atoms with E-state index in [0.29, 0.717) is 0 Å². The lowest BCUT2D eigenvalue weighted by Gasteiger charge is -2.19. The molecule has 0 spiro atoms. The van der Waals surface area contributed by atoms with Gasteiger partial charge in [-0.1, -0.05) is 49.2 Å². The molecular formula is C23H24N2O3S2. The van der Waals surface area contributed by atoms with E-state index in [1.54, 1.807) is 11.3 Å². The molecule has 1 aromatic carbocycles. The number of esters is 1. The molecule has 0 radical (unpaired) electrons. The van der Waals surface area contributed by atoms with Crippen LogP contribution in [-0.2, 0) is 20.7 Å². The highest BCUT2D eigenvalue weighted by atomic mass is 32.1. The highest BCUT2D eigenvalue weighted by molar-refractivity contribution is 7.17. The van der Waals surface area contributed by atoms with Crippen LogP contribution in [0.1, 0.15) is 30.6 Å². The van der Waals surface area contributed by atoms with Crippen molar-refractivity contribution in [1.29, 1.82) is 0 Å². The van der Waals surface area contributed by atoms with Gasteiger partial charge in [-0.3, -0.25) is 9.59 Å². The molecule has 2 aromatic heterocycles. The number of thiophene rings is 1. The number of ether oxygens (including phenoxy) is 1. The van der Waals surface area contributed by atoms with E-state index in [0.717, 1.165) is 64.8 Å². The maximum Gasteiger partial charge on any atom is 0.311 e. The predicted molar refractivity (Wildman–Crippen MR) is 121 cm³/mol. The van der Waals surface area contributed by atoms with Crippen molar-refractivity contribution in [3.8, 4) is 21.1 Å². The Kier molecular flexibility index (Phi) is 6.92. The number of thiazole rings is 1. The van der Waals surface area contributed by atoms with Crippen molar-refractivity contribution >= 4 is 34.6 Å². The molecule has 5 nitrogen and oxygen atoms in total. The molecule has 1 aliphatic rings. The fourth-order valence-corrected chi connectivity index (χ4v) is 5.39. The number of hydrogen-bond acceptors (Lipinski definition) is 6. The lowest BCUT2D eigenvalue weighted by molar-refractivity contribution is -0.151. The Morgan fingerprint density at radius 1 is 1.00 bits per heavy atom. The standard InChI is InChI=1S/C23H24N2O3S2/c26-20(25-12-6-1-2-7-13-25)16-28-21(27)15-19-22(18-11-8-14-29-18)24-23(30-19)17-9-4-3-5-10-17/h3-5,8-11,14H,1-2,6-7,12-13,15-16H2. The first-order valence-electron chi connectivity index (χ1n) is 10.2. The molecule has 3 aromatic rings. The average Bonchev–Trinajstić information content (AvgIpc) is 3.36. The van der Waals surface area contributed by atoms with Gasteiger partial charge < -0.3 is 9.64 Å². The number of aromatic nitrogens is 1. The molecule has 30 heavy (non-hydrogen) atoms. The molecular weight excluding hydrogens is 416 g/mol. The van der Waals surface area contributed by atoms with E-state index >= 15 is 0 Å². The quantitative estimate of drug-likeness (QED) is 0.505. The van der Waals surface area contributed by atoms with E-state index in [1.165, 1.54) is 11.3 Å². The van der Waals surface area contributed by atoms with E-state index in [-0.39, 0.29) is 24.9 Å².